The van der Waals surface area contributed by atoms with Crippen LogP contribution >= 0.6 is 0 Å². The van der Waals surface area contributed by atoms with Gasteiger partial charge in [-0.3, -0.25) is 0 Å². The van der Waals surface area contributed by atoms with Crippen molar-refractivity contribution in [3.63, 3.8) is 0 Å². The molecule has 2 N–H and O–H groups in total. The lowest BCUT2D eigenvalue weighted by atomic mass is 9.90. The minimum atomic E-state index is -0.459. The molecule has 0 aromatic heterocycles. The summed E-state index contributed by atoms with van der Waals surface area (Å²) >= 11 is 0. The molecule has 94 valence electrons. The number of benzene rings is 1. The second-order valence-corrected chi connectivity index (χ2v) is 5.32. The molecule has 1 unspecified atom stereocenters. The largest absolute Gasteiger partial charge is 0.385 e. The zero-order chi connectivity index (χ0) is 12.8. The molecule has 18 heavy (non-hydrogen) atoms. The number of nitrogens with zero attached hydrogens (tertiary/aromatic N) is 2. The van der Waals surface area contributed by atoms with Crippen LogP contribution in [-0.4, -0.2) is 28.3 Å². The van der Waals surface area contributed by atoms with Crippen LogP contribution in [0.3, 0.4) is 0 Å². The highest BCUT2D eigenvalue weighted by Gasteiger charge is 2.50. The minimum absolute atomic E-state index is 0.173. The van der Waals surface area contributed by atoms with Gasteiger partial charge < -0.3 is 10.6 Å². The highest BCUT2D eigenvalue weighted by Crippen LogP contribution is 2.38. The van der Waals surface area contributed by atoms with E-state index in [-0.39, 0.29) is 6.03 Å². The Bertz CT molecular complexity index is 507. The van der Waals surface area contributed by atoms with Crippen LogP contribution in [-0.2, 0) is 6.42 Å². The zero-order valence-electron chi connectivity index (χ0n) is 10.5. The molecule has 1 aliphatic heterocycles. The van der Waals surface area contributed by atoms with Gasteiger partial charge in [-0.15, -0.1) is 0 Å². The van der Waals surface area contributed by atoms with Crippen LogP contribution in [0.1, 0.15) is 25.3 Å². The Labute approximate surface area is 106 Å². The molecular formula is C14H17N3O. The molecule has 0 spiro atoms. The van der Waals surface area contributed by atoms with E-state index in [0.29, 0.717) is 11.9 Å². The topological polar surface area (TPSA) is 58.7 Å². The number of carbonyl (C=O) groups excluding carboxylic acids is 1. The molecule has 2 aliphatic rings. The van der Waals surface area contributed by atoms with Gasteiger partial charge in [-0.05, 0) is 25.3 Å². The quantitative estimate of drug-likeness (QED) is 0.882. The van der Waals surface area contributed by atoms with E-state index in [1.54, 1.807) is 0 Å². The highest BCUT2D eigenvalue weighted by molar-refractivity contribution is 6.06. The summed E-state index contributed by atoms with van der Waals surface area (Å²) in [5, 5.41) is 0. The number of hydrogen-bond donors (Lipinski definition) is 1. The van der Waals surface area contributed by atoms with Gasteiger partial charge in [0.2, 0.25) is 0 Å². The molecular weight excluding hydrogens is 226 g/mol. The van der Waals surface area contributed by atoms with E-state index in [4.69, 9.17) is 5.73 Å². The van der Waals surface area contributed by atoms with Gasteiger partial charge in [-0.25, -0.2) is 4.79 Å². The molecule has 1 atom stereocenters. The second kappa shape index (κ2) is 3.83. The molecule has 1 aliphatic carbocycles. The molecule has 0 bridgehead atoms. The van der Waals surface area contributed by atoms with Gasteiger partial charge in [-0.2, -0.15) is 4.99 Å². The Morgan fingerprint density at radius 2 is 2.06 bits per heavy atom. The number of hydrogen-bond acceptors (Lipinski definition) is 2. The number of aliphatic imine (C=N–C) groups is 1. The highest BCUT2D eigenvalue weighted by atomic mass is 16.2. The molecule has 4 heteroatoms. The van der Waals surface area contributed by atoms with Crippen molar-refractivity contribution in [3.05, 3.63) is 35.9 Å². The minimum Gasteiger partial charge on any atom is -0.385 e. The van der Waals surface area contributed by atoms with Crippen molar-refractivity contribution >= 4 is 11.9 Å². The third kappa shape index (κ3) is 1.68. The molecule has 1 heterocycles. The van der Waals surface area contributed by atoms with Crippen LogP contribution in [0.2, 0.25) is 0 Å². The molecule has 1 fully saturated rings. The van der Waals surface area contributed by atoms with Gasteiger partial charge in [0.1, 0.15) is 11.4 Å². The maximum absolute atomic E-state index is 11.9. The van der Waals surface area contributed by atoms with Crippen LogP contribution in [0.5, 0.6) is 0 Å². The molecule has 0 radical (unpaired) electrons. The van der Waals surface area contributed by atoms with Crippen molar-refractivity contribution in [1.82, 2.24) is 4.90 Å². The Balaban J connectivity index is 1.91. The van der Waals surface area contributed by atoms with E-state index in [1.165, 1.54) is 5.56 Å². The number of rotatable bonds is 3. The molecule has 1 aromatic carbocycles. The second-order valence-electron chi connectivity index (χ2n) is 5.32. The lowest BCUT2D eigenvalue weighted by Gasteiger charge is -2.35. The van der Waals surface area contributed by atoms with Gasteiger partial charge in [0.25, 0.3) is 0 Å². The van der Waals surface area contributed by atoms with E-state index in [2.05, 4.69) is 17.1 Å². The summed E-state index contributed by atoms with van der Waals surface area (Å²) < 4.78 is 0. The number of nitrogens with two attached hydrogens (primary N) is 1. The van der Waals surface area contributed by atoms with E-state index in [9.17, 15) is 4.79 Å². The van der Waals surface area contributed by atoms with Crippen LogP contribution in [0.15, 0.2) is 35.3 Å². The first-order valence-electron chi connectivity index (χ1n) is 6.33. The number of carbonyl (C=O) groups is 1. The van der Waals surface area contributed by atoms with Crippen molar-refractivity contribution in [3.8, 4) is 0 Å². The standard InChI is InChI=1S/C14H17N3O/c1-14(9-10-5-3-2-4-6-10)12(15)16-13(18)17(14)11-7-8-11/h2-6,11H,7-9H2,1H3,(H2,15,16,18). The SMILES string of the molecule is CC1(Cc2ccccc2)C(N)=NC(=O)N1C1CC1. The van der Waals surface area contributed by atoms with Gasteiger partial charge in [0, 0.05) is 12.5 Å². The third-order valence-corrected chi connectivity index (χ3v) is 3.81. The summed E-state index contributed by atoms with van der Waals surface area (Å²) in [6.45, 7) is 2.02. The maximum atomic E-state index is 11.9. The fourth-order valence-electron chi connectivity index (χ4n) is 2.67. The fraction of sp³-hybridized carbons (Fsp3) is 0.429. The maximum Gasteiger partial charge on any atom is 0.346 e. The first kappa shape index (κ1) is 11.3. The Morgan fingerprint density at radius 1 is 1.39 bits per heavy atom. The van der Waals surface area contributed by atoms with Gasteiger partial charge in [0.05, 0.1) is 0 Å². The smallest absolute Gasteiger partial charge is 0.346 e. The first-order valence-corrected chi connectivity index (χ1v) is 6.33. The Hall–Kier alpha value is -1.84. The van der Waals surface area contributed by atoms with Crippen molar-refractivity contribution < 1.29 is 4.79 Å². The average molecular weight is 243 g/mol. The summed E-state index contributed by atoms with van der Waals surface area (Å²) in [6.07, 6.45) is 2.86. The summed E-state index contributed by atoms with van der Waals surface area (Å²) in [5.41, 5.74) is 6.72. The van der Waals surface area contributed by atoms with E-state index in [1.807, 2.05) is 30.0 Å². The lowest BCUT2D eigenvalue weighted by Crippen LogP contribution is -2.54. The average Bonchev–Trinajstić information content (AvgIpc) is 3.11. The molecule has 0 saturated heterocycles. The van der Waals surface area contributed by atoms with Crippen LogP contribution in [0.25, 0.3) is 0 Å². The molecule has 4 nitrogen and oxygen atoms in total. The van der Waals surface area contributed by atoms with E-state index < -0.39 is 5.54 Å². The van der Waals surface area contributed by atoms with E-state index in [0.717, 1.165) is 19.3 Å². The third-order valence-electron chi connectivity index (χ3n) is 3.81. The summed E-state index contributed by atoms with van der Waals surface area (Å²) in [7, 11) is 0. The number of amides is 2. The van der Waals surface area contributed by atoms with Crippen LogP contribution in [0.4, 0.5) is 4.79 Å². The predicted molar refractivity (Wildman–Crippen MR) is 70.4 cm³/mol. The normalized spacial score (nSPS) is 27.5. The molecule has 2 amide bonds. The first-order chi connectivity index (χ1) is 8.61. The van der Waals surface area contributed by atoms with Crippen molar-refractivity contribution in [1.29, 1.82) is 0 Å². The molecule has 1 saturated carbocycles. The van der Waals surface area contributed by atoms with Gasteiger partial charge in [-0.1, -0.05) is 30.3 Å². The fourth-order valence-corrected chi connectivity index (χ4v) is 2.67. The summed E-state index contributed by atoms with van der Waals surface area (Å²) in [5.74, 6) is 0.447. The lowest BCUT2D eigenvalue weighted by molar-refractivity contribution is 0.173. The summed E-state index contributed by atoms with van der Waals surface area (Å²) in [4.78, 5) is 17.8. The van der Waals surface area contributed by atoms with Crippen molar-refractivity contribution in [2.75, 3.05) is 0 Å². The predicted octanol–water partition coefficient (Wildman–Crippen LogP) is 1.94. The molecule has 1 aromatic rings. The number of amidine groups is 1. The van der Waals surface area contributed by atoms with Crippen LogP contribution in [0, 0.1) is 0 Å². The van der Waals surface area contributed by atoms with Gasteiger partial charge >= 0.3 is 6.03 Å². The zero-order valence-corrected chi connectivity index (χ0v) is 10.5. The van der Waals surface area contributed by atoms with Crippen molar-refractivity contribution in [2.45, 2.75) is 37.8 Å². The van der Waals surface area contributed by atoms with Gasteiger partial charge in [0.15, 0.2) is 0 Å². The van der Waals surface area contributed by atoms with Crippen LogP contribution < -0.4 is 5.73 Å². The van der Waals surface area contributed by atoms with Crippen molar-refractivity contribution in [2.24, 2.45) is 10.7 Å². The number of urea groups is 1. The monoisotopic (exact) mass is 243 g/mol. The van der Waals surface area contributed by atoms with E-state index >= 15 is 0 Å². The Kier molecular flexibility index (Phi) is 2.40. The Morgan fingerprint density at radius 3 is 2.67 bits per heavy atom. The molecule has 3 rings (SSSR count). The summed E-state index contributed by atoms with van der Waals surface area (Å²) in [6, 6.07) is 10.3.